The Kier molecular flexibility index (Phi) is 1.93. The van der Waals surface area contributed by atoms with Gasteiger partial charge in [0, 0.05) is 6.04 Å². The van der Waals surface area contributed by atoms with E-state index in [1.165, 1.54) is 10.6 Å². The van der Waals surface area contributed by atoms with E-state index in [4.69, 9.17) is 0 Å². The van der Waals surface area contributed by atoms with Crippen molar-refractivity contribution in [3.8, 4) is 0 Å². The first-order valence-corrected chi connectivity index (χ1v) is 5.29. The standard InChI is InChI=1S/C11H9F3N2O/c12-11(13,14)7-2-1-3-8-9(7)15-10(17)16(8)6-4-5-6/h1-3,6H,4-5H2,(H,15,17). The molecule has 0 spiro atoms. The zero-order valence-electron chi connectivity index (χ0n) is 8.71. The number of benzene rings is 1. The molecule has 3 nitrogen and oxygen atoms in total. The van der Waals surface area contributed by atoms with Gasteiger partial charge >= 0.3 is 11.9 Å². The van der Waals surface area contributed by atoms with Gasteiger partial charge in [0.1, 0.15) is 0 Å². The number of rotatable bonds is 1. The Morgan fingerprint density at radius 3 is 2.59 bits per heavy atom. The molecule has 6 heteroatoms. The Morgan fingerprint density at radius 2 is 2.00 bits per heavy atom. The van der Waals surface area contributed by atoms with Gasteiger partial charge in [-0.2, -0.15) is 13.2 Å². The Balaban J connectivity index is 2.34. The molecule has 0 atom stereocenters. The van der Waals surface area contributed by atoms with Gasteiger partial charge in [-0.3, -0.25) is 4.57 Å². The summed E-state index contributed by atoms with van der Waals surface area (Å²) in [4.78, 5) is 14.0. The lowest BCUT2D eigenvalue weighted by Gasteiger charge is -2.07. The van der Waals surface area contributed by atoms with Crippen molar-refractivity contribution >= 4 is 11.0 Å². The molecule has 0 unspecified atom stereocenters. The summed E-state index contributed by atoms with van der Waals surface area (Å²) in [5.74, 6) is 0. The van der Waals surface area contributed by atoms with Gasteiger partial charge in [0.2, 0.25) is 0 Å². The molecule has 1 aromatic carbocycles. The highest BCUT2D eigenvalue weighted by Gasteiger charge is 2.35. The van der Waals surface area contributed by atoms with Crippen LogP contribution in [-0.4, -0.2) is 9.55 Å². The maximum absolute atomic E-state index is 12.7. The molecule has 1 heterocycles. The first-order chi connectivity index (χ1) is 7.98. The summed E-state index contributed by atoms with van der Waals surface area (Å²) in [6, 6.07) is 3.91. The summed E-state index contributed by atoms with van der Waals surface area (Å²) in [5.41, 5.74) is -1.02. The summed E-state index contributed by atoms with van der Waals surface area (Å²) in [6.45, 7) is 0. The largest absolute Gasteiger partial charge is 0.418 e. The number of hydrogen-bond acceptors (Lipinski definition) is 1. The van der Waals surface area contributed by atoms with E-state index in [2.05, 4.69) is 4.98 Å². The predicted molar refractivity (Wildman–Crippen MR) is 55.8 cm³/mol. The zero-order valence-corrected chi connectivity index (χ0v) is 8.71. The molecule has 1 aromatic heterocycles. The number of aromatic amines is 1. The summed E-state index contributed by atoms with van der Waals surface area (Å²) in [6.07, 6.45) is -2.75. The summed E-state index contributed by atoms with van der Waals surface area (Å²) in [5, 5.41) is 0. The van der Waals surface area contributed by atoms with E-state index < -0.39 is 17.4 Å². The van der Waals surface area contributed by atoms with E-state index in [0.29, 0.717) is 5.52 Å². The van der Waals surface area contributed by atoms with Crippen molar-refractivity contribution in [2.45, 2.75) is 25.1 Å². The molecule has 0 aliphatic heterocycles. The van der Waals surface area contributed by atoms with Gasteiger partial charge in [-0.1, -0.05) is 6.07 Å². The number of aromatic nitrogens is 2. The minimum Gasteiger partial charge on any atom is -0.305 e. The molecule has 90 valence electrons. The first kappa shape index (κ1) is 10.4. The summed E-state index contributed by atoms with van der Waals surface area (Å²) < 4.78 is 39.7. The van der Waals surface area contributed by atoms with Crippen molar-refractivity contribution < 1.29 is 13.2 Å². The smallest absolute Gasteiger partial charge is 0.305 e. The van der Waals surface area contributed by atoms with Crippen LogP contribution in [0.3, 0.4) is 0 Å². The first-order valence-electron chi connectivity index (χ1n) is 5.29. The fraction of sp³-hybridized carbons (Fsp3) is 0.364. The number of alkyl halides is 3. The third kappa shape index (κ3) is 1.55. The highest BCUT2D eigenvalue weighted by Crippen LogP contribution is 2.38. The van der Waals surface area contributed by atoms with E-state index in [-0.39, 0.29) is 11.6 Å². The van der Waals surface area contributed by atoms with Gasteiger partial charge in [-0.25, -0.2) is 4.79 Å². The molecule has 1 saturated carbocycles. The van der Waals surface area contributed by atoms with Crippen LogP contribution in [0, 0.1) is 0 Å². The predicted octanol–water partition coefficient (Wildman–Crippen LogP) is 2.68. The van der Waals surface area contributed by atoms with Gasteiger partial charge in [0.05, 0.1) is 16.6 Å². The number of nitrogens with zero attached hydrogens (tertiary/aromatic N) is 1. The second-order valence-electron chi connectivity index (χ2n) is 4.23. The average Bonchev–Trinajstić information content (AvgIpc) is 2.98. The van der Waals surface area contributed by atoms with E-state index in [1.54, 1.807) is 6.07 Å². The van der Waals surface area contributed by atoms with Crippen molar-refractivity contribution in [1.82, 2.24) is 9.55 Å². The molecule has 0 bridgehead atoms. The molecule has 1 N–H and O–H groups in total. The Bertz CT molecular complexity index is 634. The number of H-pyrrole nitrogens is 1. The van der Waals surface area contributed by atoms with Gasteiger partial charge < -0.3 is 4.98 Å². The maximum Gasteiger partial charge on any atom is 0.418 e. The Morgan fingerprint density at radius 1 is 1.29 bits per heavy atom. The van der Waals surface area contributed by atoms with E-state index in [9.17, 15) is 18.0 Å². The van der Waals surface area contributed by atoms with Gasteiger partial charge in [-0.15, -0.1) is 0 Å². The quantitative estimate of drug-likeness (QED) is 0.820. The van der Waals surface area contributed by atoms with Crippen LogP contribution in [0.25, 0.3) is 11.0 Å². The van der Waals surface area contributed by atoms with Gasteiger partial charge in [0.15, 0.2) is 0 Å². The van der Waals surface area contributed by atoms with Gasteiger partial charge in [0.25, 0.3) is 0 Å². The van der Waals surface area contributed by atoms with Crippen molar-refractivity contribution in [3.05, 3.63) is 34.2 Å². The Labute approximate surface area is 93.9 Å². The number of para-hydroxylation sites is 1. The van der Waals surface area contributed by atoms with Crippen molar-refractivity contribution in [1.29, 1.82) is 0 Å². The highest BCUT2D eigenvalue weighted by molar-refractivity contribution is 5.79. The summed E-state index contributed by atoms with van der Waals surface area (Å²) in [7, 11) is 0. The molecule has 17 heavy (non-hydrogen) atoms. The lowest BCUT2D eigenvalue weighted by molar-refractivity contribution is -0.136. The van der Waals surface area contributed by atoms with Crippen LogP contribution < -0.4 is 5.69 Å². The number of imidazole rings is 1. The molecular weight excluding hydrogens is 233 g/mol. The van der Waals surface area contributed by atoms with Crippen LogP contribution in [0.15, 0.2) is 23.0 Å². The third-order valence-electron chi connectivity index (χ3n) is 2.97. The number of hydrogen-bond donors (Lipinski definition) is 1. The fourth-order valence-electron chi connectivity index (χ4n) is 2.08. The second-order valence-corrected chi connectivity index (χ2v) is 4.23. The summed E-state index contributed by atoms with van der Waals surface area (Å²) >= 11 is 0. The van der Waals surface area contributed by atoms with Crippen LogP contribution >= 0.6 is 0 Å². The Hall–Kier alpha value is -1.72. The molecule has 1 aliphatic carbocycles. The lowest BCUT2D eigenvalue weighted by atomic mass is 10.2. The fourth-order valence-corrected chi connectivity index (χ4v) is 2.08. The number of halogens is 3. The molecule has 0 saturated heterocycles. The van der Waals surface area contributed by atoms with Crippen molar-refractivity contribution in [2.24, 2.45) is 0 Å². The number of nitrogens with one attached hydrogen (secondary N) is 1. The third-order valence-corrected chi connectivity index (χ3v) is 2.97. The van der Waals surface area contributed by atoms with Gasteiger partial charge in [-0.05, 0) is 25.0 Å². The van der Waals surface area contributed by atoms with Crippen molar-refractivity contribution in [3.63, 3.8) is 0 Å². The molecular formula is C11H9F3N2O. The van der Waals surface area contributed by atoms with E-state index in [0.717, 1.165) is 18.9 Å². The minimum atomic E-state index is -4.45. The van der Waals surface area contributed by atoms with Crippen LogP contribution in [0.4, 0.5) is 13.2 Å². The number of fused-ring (bicyclic) bond motifs is 1. The lowest BCUT2D eigenvalue weighted by Crippen LogP contribution is -2.14. The molecule has 0 amide bonds. The second kappa shape index (κ2) is 3.15. The van der Waals surface area contributed by atoms with E-state index in [1.807, 2.05) is 0 Å². The highest BCUT2D eigenvalue weighted by atomic mass is 19.4. The minimum absolute atomic E-state index is 0.0553. The van der Waals surface area contributed by atoms with Crippen molar-refractivity contribution in [2.75, 3.05) is 0 Å². The monoisotopic (exact) mass is 242 g/mol. The molecule has 0 radical (unpaired) electrons. The topological polar surface area (TPSA) is 37.8 Å². The van der Waals surface area contributed by atoms with Crippen LogP contribution in [-0.2, 0) is 6.18 Å². The molecule has 3 rings (SSSR count). The zero-order chi connectivity index (χ0) is 12.2. The van der Waals surface area contributed by atoms with Crippen LogP contribution in [0.2, 0.25) is 0 Å². The normalized spacial score (nSPS) is 16.6. The average molecular weight is 242 g/mol. The molecule has 1 aliphatic rings. The molecule has 1 fully saturated rings. The van der Waals surface area contributed by atoms with Crippen LogP contribution in [0.1, 0.15) is 24.4 Å². The maximum atomic E-state index is 12.7. The van der Waals surface area contributed by atoms with E-state index >= 15 is 0 Å². The van der Waals surface area contributed by atoms with Crippen LogP contribution in [0.5, 0.6) is 0 Å². The SMILES string of the molecule is O=c1[nH]c2c(C(F)(F)F)cccc2n1C1CC1. The molecule has 2 aromatic rings.